The Bertz CT molecular complexity index is 194. The van der Waals surface area contributed by atoms with Crippen molar-refractivity contribution in [3.63, 3.8) is 0 Å². The first-order valence-electron chi connectivity index (χ1n) is 4.45. The second-order valence-electron chi connectivity index (χ2n) is 3.57. The fourth-order valence-corrected chi connectivity index (χ4v) is 0.831. The lowest BCUT2D eigenvalue weighted by Crippen LogP contribution is -2.36. The Morgan fingerprint density at radius 2 is 2.23 bits per heavy atom. The lowest BCUT2D eigenvalue weighted by Gasteiger charge is -2.13. The largest absolute Gasteiger partial charge is 0.355 e. The summed E-state index contributed by atoms with van der Waals surface area (Å²) >= 11 is 0. The van der Waals surface area contributed by atoms with Gasteiger partial charge in [0.2, 0.25) is 5.91 Å². The molecule has 0 aliphatic rings. The zero-order valence-electron chi connectivity index (χ0n) is 8.63. The summed E-state index contributed by atoms with van der Waals surface area (Å²) < 4.78 is 0. The molecule has 0 rings (SSSR count). The van der Waals surface area contributed by atoms with Gasteiger partial charge in [0.1, 0.15) is 0 Å². The van der Waals surface area contributed by atoms with Crippen LogP contribution in [0.25, 0.3) is 0 Å². The van der Waals surface area contributed by atoms with Crippen LogP contribution in [0.4, 0.5) is 0 Å². The highest BCUT2D eigenvalue weighted by atomic mass is 16.2. The van der Waals surface area contributed by atoms with Gasteiger partial charge in [0.05, 0.1) is 13.1 Å². The molecule has 0 aromatic carbocycles. The summed E-state index contributed by atoms with van der Waals surface area (Å²) in [6, 6.07) is 0. The summed E-state index contributed by atoms with van der Waals surface area (Å²) in [4.78, 5) is 13.0. The van der Waals surface area contributed by atoms with E-state index in [4.69, 9.17) is 6.42 Å². The van der Waals surface area contributed by atoms with Crippen molar-refractivity contribution >= 4 is 5.91 Å². The minimum Gasteiger partial charge on any atom is -0.355 e. The molecule has 3 heteroatoms. The first kappa shape index (κ1) is 12.0. The molecule has 0 fully saturated rings. The van der Waals surface area contributed by atoms with Gasteiger partial charge in [-0.2, -0.15) is 0 Å². The van der Waals surface area contributed by atoms with Crippen LogP contribution in [0, 0.1) is 18.3 Å². The third kappa shape index (κ3) is 7.35. The Morgan fingerprint density at radius 3 is 2.69 bits per heavy atom. The van der Waals surface area contributed by atoms with Crippen LogP contribution in [0.5, 0.6) is 0 Å². The average Bonchev–Trinajstić information content (AvgIpc) is 2.01. The normalized spacial score (nSPS) is 10.2. The molecular weight excluding hydrogens is 164 g/mol. The highest BCUT2D eigenvalue weighted by Gasteiger charge is 2.04. The Labute approximate surface area is 80.5 Å². The minimum atomic E-state index is 0.0338. The van der Waals surface area contributed by atoms with Crippen LogP contribution < -0.4 is 5.32 Å². The minimum absolute atomic E-state index is 0.0338. The van der Waals surface area contributed by atoms with Crippen LogP contribution in [-0.4, -0.2) is 37.5 Å². The average molecular weight is 182 g/mol. The molecule has 1 N–H and O–H groups in total. The number of rotatable bonds is 5. The summed E-state index contributed by atoms with van der Waals surface area (Å²) in [5.41, 5.74) is 0. The summed E-state index contributed by atoms with van der Waals surface area (Å²) in [6.45, 7) is 5.73. The predicted octanol–water partition coefficient (Wildman–Crippen LogP) is 0.324. The Balaban J connectivity index is 3.57. The van der Waals surface area contributed by atoms with Crippen LogP contribution >= 0.6 is 0 Å². The number of likely N-dealkylation sites (N-methyl/N-ethyl adjacent to an activating group) is 1. The molecule has 0 aromatic heterocycles. The van der Waals surface area contributed by atoms with Crippen molar-refractivity contribution in [1.82, 2.24) is 10.2 Å². The zero-order valence-corrected chi connectivity index (χ0v) is 8.63. The van der Waals surface area contributed by atoms with Crippen molar-refractivity contribution in [3.05, 3.63) is 0 Å². The van der Waals surface area contributed by atoms with E-state index < -0.39 is 0 Å². The quantitative estimate of drug-likeness (QED) is 0.621. The predicted molar refractivity (Wildman–Crippen MR) is 54.2 cm³/mol. The molecule has 74 valence electrons. The molecule has 0 atom stereocenters. The number of nitrogens with zero attached hydrogens (tertiary/aromatic N) is 1. The maximum Gasteiger partial charge on any atom is 0.234 e. The molecule has 0 saturated heterocycles. The molecule has 0 radical (unpaired) electrons. The van der Waals surface area contributed by atoms with Crippen molar-refractivity contribution in [3.8, 4) is 12.3 Å². The summed E-state index contributed by atoms with van der Waals surface area (Å²) in [5, 5.41) is 2.82. The van der Waals surface area contributed by atoms with Gasteiger partial charge in [-0.1, -0.05) is 19.8 Å². The van der Waals surface area contributed by atoms with E-state index >= 15 is 0 Å². The van der Waals surface area contributed by atoms with E-state index in [1.807, 2.05) is 7.05 Å². The van der Waals surface area contributed by atoms with E-state index in [0.717, 1.165) is 6.54 Å². The molecule has 13 heavy (non-hydrogen) atoms. The topological polar surface area (TPSA) is 32.3 Å². The molecule has 0 heterocycles. The second-order valence-corrected chi connectivity index (χ2v) is 3.57. The van der Waals surface area contributed by atoms with Gasteiger partial charge < -0.3 is 5.32 Å². The van der Waals surface area contributed by atoms with Gasteiger partial charge in [0.25, 0.3) is 0 Å². The summed E-state index contributed by atoms with van der Waals surface area (Å²) in [6.07, 6.45) is 5.10. The Hall–Kier alpha value is -1.01. The molecule has 0 saturated carbocycles. The lowest BCUT2D eigenvalue weighted by molar-refractivity contribution is -0.121. The van der Waals surface area contributed by atoms with E-state index in [9.17, 15) is 4.79 Å². The van der Waals surface area contributed by atoms with Gasteiger partial charge in [0.15, 0.2) is 0 Å². The lowest BCUT2D eigenvalue weighted by atomic mass is 10.2. The number of hydrogen-bond acceptors (Lipinski definition) is 2. The highest BCUT2D eigenvalue weighted by Crippen LogP contribution is 1.87. The molecular formula is C10H18N2O. The van der Waals surface area contributed by atoms with Crippen molar-refractivity contribution in [2.24, 2.45) is 5.92 Å². The van der Waals surface area contributed by atoms with Crippen molar-refractivity contribution in [2.75, 3.05) is 26.7 Å². The van der Waals surface area contributed by atoms with Crippen LogP contribution in [-0.2, 0) is 4.79 Å². The fraction of sp³-hybridized carbons (Fsp3) is 0.700. The van der Waals surface area contributed by atoms with Crippen LogP contribution in [0.3, 0.4) is 0 Å². The van der Waals surface area contributed by atoms with Crippen LogP contribution in [0.15, 0.2) is 0 Å². The van der Waals surface area contributed by atoms with Crippen LogP contribution in [0.2, 0.25) is 0 Å². The Kier molecular flexibility index (Phi) is 5.99. The summed E-state index contributed by atoms with van der Waals surface area (Å²) in [7, 11) is 1.83. The van der Waals surface area contributed by atoms with Crippen LogP contribution in [0.1, 0.15) is 13.8 Å². The van der Waals surface area contributed by atoms with Gasteiger partial charge in [-0.3, -0.25) is 9.69 Å². The van der Waals surface area contributed by atoms with Gasteiger partial charge >= 0.3 is 0 Å². The molecule has 1 amide bonds. The monoisotopic (exact) mass is 182 g/mol. The van der Waals surface area contributed by atoms with Crippen molar-refractivity contribution in [1.29, 1.82) is 0 Å². The molecule has 3 nitrogen and oxygen atoms in total. The van der Waals surface area contributed by atoms with Crippen molar-refractivity contribution < 1.29 is 4.79 Å². The van der Waals surface area contributed by atoms with Gasteiger partial charge in [-0.15, -0.1) is 6.42 Å². The third-order valence-electron chi connectivity index (χ3n) is 1.48. The van der Waals surface area contributed by atoms with E-state index in [1.54, 1.807) is 4.90 Å². The summed E-state index contributed by atoms with van der Waals surface area (Å²) in [5.74, 6) is 3.01. The smallest absolute Gasteiger partial charge is 0.234 e. The molecule has 0 aliphatic heterocycles. The molecule has 0 spiro atoms. The first-order chi connectivity index (χ1) is 6.06. The number of hydrogen-bond donors (Lipinski definition) is 1. The number of carbonyl (C=O) groups excluding carboxylic acids is 1. The van der Waals surface area contributed by atoms with E-state index in [1.165, 1.54) is 0 Å². The molecule has 0 bridgehead atoms. The van der Waals surface area contributed by atoms with Gasteiger partial charge in [-0.05, 0) is 13.0 Å². The van der Waals surface area contributed by atoms with Gasteiger partial charge in [-0.25, -0.2) is 0 Å². The fourth-order valence-electron chi connectivity index (χ4n) is 0.831. The third-order valence-corrected chi connectivity index (χ3v) is 1.48. The van der Waals surface area contributed by atoms with E-state index in [0.29, 0.717) is 19.0 Å². The molecule has 0 aromatic rings. The second kappa shape index (κ2) is 6.50. The standard InChI is InChI=1S/C10H18N2O/c1-5-6-12(4)8-10(13)11-7-9(2)3/h1,9H,6-8H2,2-4H3,(H,11,13). The number of carbonyl (C=O) groups is 1. The van der Waals surface area contributed by atoms with Gasteiger partial charge in [0, 0.05) is 6.54 Å². The maximum absolute atomic E-state index is 11.2. The van der Waals surface area contributed by atoms with E-state index in [2.05, 4.69) is 25.1 Å². The van der Waals surface area contributed by atoms with E-state index in [-0.39, 0.29) is 5.91 Å². The zero-order chi connectivity index (χ0) is 10.3. The molecule has 0 aliphatic carbocycles. The first-order valence-corrected chi connectivity index (χ1v) is 4.45. The Morgan fingerprint density at radius 1 is 1.62 bits per heavy atom. The highest BCUT2D eigenvalue weighted by molar-refractivity contribution is 5.77. The number of amides is 1. The maximum atomic E-state index is 11.2. The van der Waals surface area contributed by atoms with Crippen molar-refractivity contribution in [2.45, 2.75) is 13.8 Å². The number of terminal acetylenes is 1. The number of nitrogens with one attached hydrogen (secondary N) is 1. The SMILES string of the molecule is C#CCN(C)CC(=O)NCC(C)C. The molecule has 0 unspecified atom stereocenters.